The fourth-order valence-corrected chi connectivity index (χ4v) is 2.50. The van der Waals surface area contributed by atoms with Crippen LogP contribution in [-0.2, 0) is 12.8 Å². The second kappa shape index (κ2) is 4.01. The van der Waals surface area contributed by atoms with Gasteiger partial charge in [-0.3, -0.25) is 10.1 Å². The van der Waals surface area contributed by atoms with Crippen LogP contribution in [0.3, 0.4) is 0 Å². The molecule has 0 N–H and O–H groups in total. The van der Waals surface area contributed by atoms with E-state index >= 15 is 0 Å². The van der Waals surface area contributed by atoms with E-state index in [1.807, 2.05) is 6.07 Å². The highest BCUT2D eigenvalue weighted by Crippen LogP contribution is 2.35. The van der Waals surface area contributed by atoms with Crippen LogP contribution in [0.5, 0.6) is 0 Å². The Labute approximate surface area is 89.3 Å². The van der Waals surface area contributed by atoms with Crippen molar-refractivity contribution >= 4 is 5.69 Å². The highest BCUT2D eigenvalue weighted by atomic mass is 16.6. The number of fused-ring (bicyclic) bond motifs is 1. The summed E-state index contributed by atoms with van der Waals surface area (Å²) in [5.41, 5.74) is 2.47. The van der Waals surface area contributed by atoms with E-state index in [1.54, 1.807) is 12.1 Å². The first kappa shape index (κ1) is 10.1. The Morgan fingerprint density at radius 1 is 1.47 bits per heavy atom. The topological polar surface area (TPSA) is 43.1 Å². The molecular weight excluding hydrogens is 190 g/mol. The second-order valence-corrected chi connectivity index (χ2v) is 4.23. The van der Waals surface area contributed by atoms with Crippen LogP contribution in [0.25, 0.3) is 0 Å². The zero-order valence-corrected chi connectivity index (χ0v) is 8.90. The average Bonchev–Trinajstić information content (AvgIpc) is 2.59. The Balaban J connectivity index is 2.29. The molecule has 0 radical (unpaired) electrons. The Morgan fingerprint density at radius 3 is 2.93 bits per heavy atom. The Bertz CT molecular complexity index is 387. The third-order valence-corrected chi connectivity index (χ3v) is 3.14. The summed E-state index contributed by atoms with van der Waals surface area (Å²) >= 11 is 0. The van der Waals surface area contributed by atoms with Gasteiger partial charge in [0.05, 0.1) is 4.92 Å². The number of hydrogen-bond acceptors (Lipinski definition) is 2. The predicted octanol–water partition coefficient (Wildman–Crippen LogP) is 3.11. The first-order valence-electron chi connectivity index (χ1n) is 5.47. The van der Waals surface area contributed by atoms with Crippen molar-refractivity contribution in [1.82, 2.24) is 0 Å². The molecule has 1 aromatic carbocycles. The number of nitrogens with zero attached hydrogens (tertiary/aromatic N) is 1. The fourth-order valence-electron chi connectivity index (χ4n) is 2.50. The molecular formula is C12H15NO2. The van der Waals surface area contributed by atoms with Crippen LogP contribution in [-0.4, -0.2) is 4.92 Å². The van der Waals surface area contributed by atoms with Crippen LogP contribution in [0, 0.1) is 16.0 Å². The second-order valence-electron chi connectivity index (χ2n) is 4.23. The van der Waals surface area contributed by atoms with Gasteiger partial charge < -0.3 is 0 Å². The van der Waals surface area contributed by atoms with Crippen molar-refractivity contribution in [3.8, 4) is 0 Å². The lowest BCUT2D eigenvalue weighted by atomic mass is 10.0. The van der Waals surface area contributed by atoms with Gasteiger partial charge >= 0.3 is 0 Å². The van der Waals surface area contributed by atoms with Gasteiger partial charge in [-0.2, -0.15) is 0 Å². The van der Waals surface area contributed by atoms with Crippen molar-refractivity contribution < 1.29 is 4.92 Å². The maximum absolute atomic E-state index is 10.8. The van der Waals surface area contributed by atoms with Gasteiger partial charge in [-0.1, -0.05) is 31.9 Å². The molecule has 3 heteroatoms. The minimum atomic E-state index is -0.257. The van der Waals surface area contributed by atoms with Crippen molar-refractivity contribution in [3.05, 3.63) is 39.4 Å². The molecule has 3 nitrogen and oxygen atoms in total. The number of nitro benzene ring substituents is 1. The SMILES string of the molecule is CCCC1Cc2cccc([N+](=O)[O-])c2C1. The number of rotatable bonds is 3. The van der Waals surface area contributed by atoms with Gasteiger partial charge in [0.2, 0.25) is 0 Å². The van der Waals surface area contributed by atoms with Crippen LogP contribution in [0.1, 0.15) is 30.9 Å². The minimum Gasteiger partial charge on any atom is -0.258 e. The quantitative estimate of drug-likeness (QED) is 0.562. The van der Waals surface area contributed by atoms with Crippen LogP contribution in [0.15, 0.2) is 18.2 Å². The summed E-state index contributed by atoms with van der Waals surface area (Å²) in [7, 11) is 0. The molecule has 1 atom stereocenters. The average molecular weight is 205 g/mol. The van der Waals surface area contributed by atoms with Gasteiger partial charge in [-0.05, 0) is 24.3 Å². The monoisotopic (exact) mass is 205 g/mol. The number of benzene rings is 1. The standard InChI is InChI=1S/C12H15NO2/c1-2-4-9-7-10-5-3-6-12(13(14)15)11(10)8-9/h3,5-6,9H,2,4,7-8H2,1H3. The van der Waals surface area contributed by atoms with Gasteiger partial charge in [0.25, 0.3) is 5.69 Å². The molecule has 1 aliphatic carbocycles. The highest BCUT2D eigenvalue weighted by molar-refractivity contribution is 5.48. The van der Waals surface area contributed by atoms with Crippen molar-refractivity contribution in [2.75, 3.05) is 0 Å². The van der Waals surface area contributed by atoms with E-state index in [0.29, 0.717) is 11.6 Å². The predicted molar refractivity (Wildman–Crippen MR) is 58.9 cm³/mol. The molecule has 2 rings (SSSR count). The third-order valence-electron chi connectivity index (χ3n) is 3.14. The minimum absolute atomic E-state index is 0.257. The van der Waals surface area contributed by atoms with E-state index in [1.165, 1.54) is 12.0 Å². The molecule has 1 aliphatic rings. The van der Waals surface area contributed by atoms with Gasteiger partial charge in [0, 0.05) is 11.6 Å². The fraction of sp³-hybridized carbons (Fsp3) is 0.500. The molecule has 1 aromatic rings. The maximum Gasteiger partial charge on any atom is 0.272 e. The molecule has 0 saturated heterocycles. The summed E-state index contributed by atoms with van der Waals surface area (Å²) < 4.78 is 0. The summed E-state index contributed by atoms with van der Waals surface area (Å²) in [4.78, 5) is 10.6. The highest BCUT2D eigenvalue weighted by Gasteiger charge is 2.27. The Hall–Kier alpha value is -1.38. The summed E-state index contributed by atoms with van der Waals surface area (Å²) in [6.07, 6.45) is 4.24. The summed E-state index contributed by atoms with van der Waals surface area (Å²) in [5, 5.41) is 10.8. The lowest BCUT2D eigenvalue weighted by Crippen LogP contribution is -1.98. The Kier molecular flexibility index (Phi) is 2.71. The van der Waals surface area contributed by atoms with Gasteiger partial charge in [-0.15, -0.1) is 0 Å². The number of nitro groups is 1. The molecule has 0 aromatic heterocycles. The lowest BCUT2D eigenvalue weighted by Gasteiger charge is -2.04. The Morgan fingerprint density at radius 2 is 2.27 bits per heavy atom. The van der Waals surface area contributed by atoms with Crippen LogP contribution in [0.2, 0.25) is 0 Å². The zero-order valence-electron chi connectivity index (χ0n) is 8.90. The largest absolute Gasteiger partial charge is 0.272 e. The van der Waals surface area contributed by atoms with E-state index in [-0.39, 0.29) is 4.92 Å². The van der Waals surface area contributed by atoms with E-state index in [2.05, 4.69) is 6.92 Å². The molecule has 1 unspecified atom stereocenters. The molecule has 80 valence electrons. The molecule has 0 aliphatic heterocycles. The summed E-state index contributed by atoms with van der Waals surface area (Å²) in [5.74, 6) is 0.617. The van der Waals surface area contributed by atoms with Crippen molar-refractivity contribution in [2.45, 2.75) is 32.6 Å². The van der Waals surface area contributed by atoms with Crippen LogP contribution >= 0.6 is 0 Å². The van der Waals surface area contributed by atoms with E-state index in [0.717, 1.165) is 24.8 Å². The molecule has 0 heterocycles. The molecule has 0 saturated carbocycles. The lowest BCUT2D eigenvalue weighted by molar-refractivity contribution is -0.385. The smallest absolute Gasteiger partial charge is 0.258 e. The van der Waals surface area contributed by atoms with Gasteiger partial charge in [0.15, 0.2) is 0 Å². The zero-order chi connectivity index (χ0) is 10.8. The summed E-state index contributed by atoms with van der Waals surface area (Å²) in [6, 6.07) is 5.44. The first-order valence-corrected chi connectivity index (χ1v) is 5.47. The maximum atomic E-state index is 10.8. The van der Waals surface area contributed by atoms with E-state index in [4.69, 9.17) is 0 Å². The normalized spacial score (nSPS) is 18.9. The van der Waals surface area contributed by atoms with E-state index in [9.17, 15) is 10.1 Å². The molecule has 0 fully saturated rings. The van der Waals surface area contributed by atoms with E-state index < -0.39 is 0 Å². The van der Waals surface area contributed by atoms with Crippen molar-refractivity contribution in [2.24, 2.45) is 5.92 Å². The molecule has 15 heavy (non-hydrogen) atoms. The third kappa shape index (κ3) is 1.87. The van der Waals surface area contributed by atoms with Crippen molar-refractivity contribution in [1.29, 1.82) is 0 Å². The van der Waals surface area contributed by atoms with Gasteiger partial charge in [0.1, 0.15) is 0 Å². The first-order chi connectivity index (χ1) is 7.22. The van der Waals surface area contributed by atoms with Crippen LogP contribution in [0.4, 0.5) is 5.69 Å². The summed E-state index contributed by atoms with van der Waals surface area (Å²) in [6.45, 7) is 2.16. The molecule has 0 spiro atoms. The molecule has 0 bridgehead atoms. The van der Waals surface area contributed by atoms with Crippen LogP contribution < -0.4 is 0 Å². The van der Waals surface area contributed by atoms with Gasteiger partial charge in [-0.25, -0.2) is 0 Å². The number of hydrogen-bond donors (Lipinski definition) is 0. The van der Waals surface area contributed by atoms with Crippen molar-refractivity contribution in [3.63, 3.8) is 0 Å². The molecule has 0 amide bonds.